The molecule has 0 aliphatic rings. The maximum Gasteiger partial charge on any atom is 0.307 e. The fourth-order valence-corrected chi connectivity index (χ4v) is 2.47. The molecule has 1 unspecified atom stereocenters. The Kier molecular flexibility index (Phi) is 3.74. The normalized spacial score (nSPS) is 13.8. The first-order valence-corrected chi connectivity index (χ1v) is 5.65. The molecule has 0 aromatic heterocycles. The Balaban J connectivity index is 3.13. The number of carboxylic acid groups (broad SMARTS) is 1. The van der Waals surface area contributed by atoms with Gasteiger partial charge in [-0.1, -0.05) is 58.0 Å². The minimum atomic E-state index is -0.719. The Morgan fingerprint density at radius 2 is 1.69 bits per heavy atom. The highest BCUT2D eigenvalue weighted by Crippen LogP contribution is 2.36. The molecule has 0 heterocycles. The van der Waals surface area contributed by atoms with Gasteiger partial charge in [0.15, 0.2) is 0 Å². The van der Waals surface area contributed by atoms with Crippen molar-refractivity contribution in [1.29, 1.82) is 0 Å². The summed E-state index contributed by atoms with van der Waals surface area (Å²) in [6.07, 6.45) is 0. The molecule has 1 rings (SSSR count). The maximum absolute atomic E-state index is 11.4. The van der Waals surface area contributed by atoms with E-state index >= 15 is 0 Å². The molecule has 0 bridgehead atoms. The van der Waals surface area contributed by atoms with Gasteiger partial charge in [0.2, 0.25) is 0 Å². The van der Waals surface area contributed by atoms with E-state index in [1.807, 2.05) is 58.0 Å². The predicted molar refractivity (Wildman–Crippen MR) is 65.4 cm³/mol. The van der Waals surface area contributed by atoms with Crippen molar-refractivity contribution in [2.75, 3.05) is 0 Å². The lowest BCUT2D eigenvalue weighted by Crippen LogP contribution is -2.38. The molecule has 1 aromatic rings. The van der Waals surface area contributed by atoms with Gasteiger partial charge in [0.25, 0.3) is 0 Å². The van der Waals surface area contributed by atoms with Gasteiger partial charge in [-0.2, -0.15) is 0 Å². The molecule has 0 amide bonds. The third kappa shape index (κ3) is 2.43. The highest BCUT2D eigenvalue weighted by atomic mass is 16.4. The SMILES string of the molecule is CC(C)C(C(=O)O)C(C)(C)c1ccccc1. The zero-order valence-corrected chi connectivity index (χ0v) is 10.4. The number of hydrogen-bond donors (Lipinski definition) is 1. The lowest BCUT2D eigenvalue weighted by Gasteiger charge is -2.34. The number of carboxylic acids is 1. The summed E-state index contributed by atoms with van der Waals surface area (Å²) in [7, 11) is 0. The molecule has 0 saturated heterocycles. The summed E-state index contributed by atoms with van der Waals surface area (Å²) in [5, 5.41) is 9.34. The van der Waals surface area contributed by atoms with Crippen molar-refractivity contribution in [1.82, 2.24) is 0 Å². The second-order valence-corrected chi connectivity index (χ2v) is 5.15. The molecule has 1 N–H and O–H groups in total. The lowest BCUT2D eigenvalue weighted by molar-refractivity contribution is -0.145. The van der Waals surface area contributed by atoms with Gasteiger partial charge >= 0.3 is 5.97 Å². The van der Waals surface area contributed by atoms with Gasteiger partial charge in [-0.25, -0.2) is 0 Å². The summed E-state index contributed by atoms with van der Waals surface area (Å²) in [5.74, 6) is -0.966. The third-order valence-electron chi connectivity index (χ3n) is 3.23. The largest absolute Gasteiger partial charge is 0.481 e. The summed E-state index contributed by atoms with van der Waals surface area (Å²) in [6, 6.07) is 9.86. The molecule has 0 radical (unpaired) electrons. The van der Waals surface area contributed by atoms with E-state index in [2.05, 4.69) is 0 Å². The number of aliphatic carboxylic acids is 1. The smallest absolute Gasteiger partial charge is 0.307 e. The molecule has 0 aliphatic heterocycles. The van der Waals surface area contributed by atoms with Crippen molar-refractivity contribution in [2.45, 2.75) is 33.1 Å². The van der Waals surface area contributed by atoms with Crippen LogP contribution in [-0.4, -0.2) is 11.1 Å². The number of benzene rings is 1. The zero-order chi connectivity index (χ0) is 12.3. The minimum Gasteiger partial charge on any atom is -0.481 e. The maximum atomic E-state index is 11.4. The number of hydrogen-bond acceptors (Lipinski definition) is 1. The molecule has 1 atom stereocenters. The Morgan fingerprint density at radius 1 is 1.19 bits per heavy atom. The summed E-state index contributed by atoms with van der Waals surface area (Å²) < 4.78 is 0. The van der Waals surface area contributed by atoms with E-state index < -0.39 is 5.97 Å². The van der Waals surface area contributed by atoms with Crippen molar-refractivity contribution in [3.05, 3.63) is 35.9 Å². The van der Waals surface area contributed by atoms with Crippen LogP contribution in [0.3, 0.4) is 0 Å². The van der Waals surface area contributed by atoms with Crippen LogP contribution in [-0.2, 0) is 10.2 Å². The van der Waals surface area contributed by atoms with E-state index in [1.165, 1.54) is 0 Å². The van der Waals surface area contributed by atoms with Crippen LogP contribution in [0.2, 0.25) is 0 Å². The van der Waals surface area contributed by atoms with Gasteiger partial charge < -0.3 is 5.11 Å². The van der Waals surface area contributed by atoms with Crippen LogP contribution in [0.25, 0.3) is 0 Å². The third-order valence-corrected chi connectivity index (χ3v) is 3.23. The van der Waals surface area contributed by atoms with Crippen LogP contribution in [0.15, 0.2) is 30.3 Å². The topological polar surface area (TPSA) is 37.3 Å². The zero-order valence-electron chi connectivity index (χ0n) is 10.4. The summed E-state index contributed by atoms with van der Waals surface area (Å²) in [6.45, 7) is 7.93. The molecule has 88 valence electrons. The van der Waals surface area contributed by atoms with Crippen molar-refractivity contribution in [2.24, 2.45) is 11.8 Å². The molecule has 16 heavy (non-hydrogen) atoms. The first-order valence-electron chi connectivity index (χ1n) is 5.65. The van der Waals surface area contributed by atoms with Crippen molar-refractivity contribution >= 4 is 5.97 Å². The van der Waals surface area contributed by atoms with Crippen LogP contribution in [0, 0.1) is 11.8 Å². The van der Waals surface area contributed by atoms with E-state index in [0.29, 0.717) is 0 Å². The summed E-state index contributed by atoms with van der Waals surface area (Å²) in [4.78, 5) is 11.4. The molecule has 0 aliphatic carbocycles. The minimum absolute atomic E-state index is 0.118. The van der Waals surface area contributed by atoms with Gasteiger partial charge in [0.1, 0.15) is 0 Å². The Morgan fingerprint density at radius 3 is 2.06 bits per heavy atom. The van der Waals surface area contributed by atoms with E-state index in [-0.39, 0.29) is 17.3 Å². The summed E-state index contributed by atoms with van der Waals surface area (Å²) >= 11 is 0. The van der Waals surface area contributed by atoms with Crippen LogP contribution in [0.1, 0.15) is 33.3 Å². The quantitative estimate of drug-likeness (QED) is 0.845. The van der Waals surface area contributed by atoms with Crippen LogP contribution in [0.4, 0.5) is 0 Å². The Bertz CT molecular complexity index is 352. The molecule has 0 saturated carbocycles. The van der Waals surface area contributed by atoms with Crippen LogP contribution >= 0.6 is 0 Å². The van der Waals surface area contributed by atoms with Gasteiger partial charge in [-0.05, 0) is 11.5 Å². The van der Waals surface area contributed by atoms with Gasteiger partial charge in [0.05, 0.1) is 5.92 Å². The highest BCUT2D eigenvalue weighted by molar-refractivity contribution is 5.72. The fourth-order valence-electron chi connectivity index (χ4n) is 2.47. The average molecular weight is 220 g/mol. The molecule has 2 nitrogen and oxygen atoms in total. The molecular formula is C14H20O2. The van der Waals surface area contributed by atoms with Crippen molar-refractivity contribution in [3.8, 4) is 0 Å². The molecule has 2 heteroatoms. The van der Waals surface area contributed by atoms with Crippen LogP contribution < -0.4 is 0 Å². The predicted octanol–water partition coefficient (Wildman–Crippen LogP) is 3.32. The average Bonchev–Trinajstić information content (AvgIpc) is 2.17. The number of rotatable bonds is 4. The summed E-state index contributed by atoms with van der Waals surface area (Å²) in [5.41, 5.74) is 0.734. The lowest BCUT2D eigenvalue weighted by atomic mass is 9.69. The van der Waals surface area contributed by atoms with Crippen LogP contribution in [0.5, 0.6) is 0 Å². The Labute approximate surface area is 97.3 Å². The van der Waals surface area contributed by atoms with Crippen molar-refractivity contribution in [3.63, 3.8) is 0 Å². The number of carbonyl (C=O) groups is 1. The van der Waals surface area contributed by atoms with E-state index in [0.717, 1.165) is 5.56 Å². The van der Waals surface area contributed by atoms with Gasteiger partial charge in [0, 0.05) is 5.41 Å². The molecule has 0 fully saturated rings. The molecule has 0 spiro atoms. The van der Waals surface area contributed by atoms with E-state index in [9.17, 15) is 9.90 Å². The first kappa shape index (κ1) is 12.8. The molecule has 1 aromatic carbocycles. The highest BCUT2D eigenvalue weighted by Gasteiger charge is 2.38. The van der Waals surface area contributed by atoms with E-state index in [1.54, 1.807) is 0 Å². The monoisotopic (exact) mass is 220 g/mol. The van der Waals surface area contributed by atoms with Crippen molar-refractivity contribution < 1.29 is 9.90 Å². The van der Waals surface area contributed by atoms with E-state index in [4.69, 9.17) is 0 Å². The Hall–Kier alpha value is -1.31. The second kappa shape index (κ2) is 4.69. The van der Waals surface area contributed by atoms with Gasteiger partial charge in [-0.3, -0.25) is 4.79 Å². The molecular weight excluding hydrogens is 200 g/mol. The second-order valence-electron chi connectivity index (χ2n) is 5.15. The standard InChI is InChI=1S/C14H20O2/c1-10(2)12(13(15)16)14(3,4)11-8-6-5-7-9-11/h5-10,12H,1-4H3,(H,15,16). The first-order chi connectivity index (χ1) is 7.37. The fraction of sp³-hybridized carbons (Fsp3) is 0.500. The van der Waals surface area contributed by atoms with Gasteiger partial charge in [-0.15, -0.1) is 0 Å².